The van der Waals surface area contributed by atoms with Crippen molar-refractivity contribution in [1.29, 1.82) is 0 Å². The molecule has 1 heterocycles. The Morgan fingerprint density at radius 3 is 2.45 bits per heavy atom. The molecule has 0 aliphatic carbocycles. The average Bonchev–Trinajstić information content (AvgIpc) is 2.37. The fourth-order valence-electron chi connectivity index (χ4n) is 1.91. The third-order valence-corrected chi connectivity index (χ3v) is 4.66. The number of nitrogens with two attached hydrogens (primary N) is 1. The molecule has 3 N–H and O–H groups in total. The smallest absolute Gasteiger partial charge is 0.264 e. The van der Waals surface area contributed by atoms with Gasteiger partial charge in [0.25, 0.3) is 16.0 Å². The summed E-state index contributed by atoms with van der Waals surface area (Å²) in [5.74, 6) is -0.0774. The van der Waals surface area contributed by atoms with E-state index < -0.39 is 10.0 Å². The molecule has 0 atom stereocenters. The van der Waals surface area contributed by atoms with Gasteiger partial charge in [-0.15, -0.1) is 5.10 Å². The standard InChI is InChI=1S/C12H15N5O2S/c1-7-6-10(13)9(3)11(8(7)2)20(18,19)17-12-14-4-5-15-16-12/h4-6H,13H2,1-3H3,(H,14,16,17). The number of aromatic nitrogens is 3. The topological polar surface area (TPSA) is 111 Å². The molecular weight excluding hydrogens is 278 g/mol. The van der Waals surface area contributed by atoms with Crippen LogP contribution in [0.1, 0.15) is 16.7 Å². The summed E-state index contributed by atoms with van der Waals surface area (Å²) >= 11 is 0. The second kappa shape index (κ2) is 5.04. The second-order valence-electron chi connectivity index (χ2n) is 4.43. The van der Waals surface area contributed by atoms with E-state index in [9.17, 15) is 8.42 Å². The molecule has 20 heavy (non-hydrogen) atoms. The summed E-state index contributed by atoms with van der Waals surface area (Å²) in [6, 6.07) is 1.75. The summed E-state index contributed by atoms with van der Waals surface area (Å²) < 4.78 is 27.2. The van der Waals surface area contributed by atoms with E-state index in [-0.39, 0.29) is 10.8 Å². The van der Waals surface area contributed by atoms with Gasteiger partial charge in [0.2, 0.25) is 0 Å². The molecule has 2 aromatic rings. The van der Waals surface area contributed by atoms with Crippen molar-refractivity contribution < 1.29 is 8.42 Å². The Kier molecular flexibility index (Phi) is 3.58. The molecule has 0 aliphatic rings. The van der Waals surface area contributed by atoms with Gasteiger partial charge in [-0.05, 0) is 43.5 Å². The second-order valence-corrected chi connectivity index (χ2v) is 6.05. The molecule has 0 aliphatic heterocycles. The molecule has 0 saturated heterocycles. The Bertz CT molecular complexity index is 718. The van der Waals surface area contributed by atoms with Gasteiger partial charge in [-0.25, -0.2) is 18.1 Å². The number of rotatable bonds is 3. The number of hydrogen-bond acceptors (Lipinski definition) is 6. The lowest BCUT2D eigenvalue weighted by Gasteiger charge is -2.15. The molecule has 0 radical (unpaired) electrons. The van der Waals surface area contributed by atoms with Crippen LogP contribution in [0, 0.1) is 20.8 Å². The van der Waals surface area contributed by atoms with Gasteiger partial charge in [-0.2, -0.15) is 5.10 Å². The van der Waals surface area contributed by atoms with Crippen LogP contribution in [-0.4, -0.2) is 23.6 Å². The third kappa shape index (κ3) is 2.55. The predicted octanol–water partition coefficient (Wildman–Crippen LogP) is 1.18. The number of sulfonamides is 1. The lowest BCUT2D eigenvalue weighted by Crippen LogP contribution is -2.18. The molecular formula is C12H15N5O2S. The number of nitrogens with one attached hydrogen (secondary N) is 1. The van der Waals surface area contributed by atoms with E-state index >= 15 is 0 Å². The number of anilines is 2. The molecule has 106 valence electrons. The van der Waals surface area contributed by atoms with Gasteiger partial charge in [-0.1, -0.05) is 0 Å². The minimum atomic E-state index is -3.81. The summed E-state index contributed by atoms with van der Waals surface area (Å²) in [6.07, 6.45) is 2.72. The summed E-state index contributed by atoms with van der Waals surface area (Å²) in [7, 11) is -3.81. The van der Waals surface area contributed by atoms with Crippen LogP contribution in [0.3, 0.4) is 0 Å². The molecule has 0 spiro atoms. The molecule has 0 unspecified atom stereocenters. The van der Waals surface area contributed by atoms with Gasteiger partial charge < -0.3 is 5.73 Å². The highest BCUT2D eigenvalue weighted by Gasteiger charge is 2.23. The molecule has 0 fully saturated rings. The van der Waals surface area contributed by atoms with E-state index in [0.29, 0.717) is 16.8 Å². The van der Waals surface area contributed by atoms with Gasteiger partial charge in [0, 0.05) is 5.69 Å². The number of aryl methyl sites for hydroxylation is 1. The first-order valence-corrected chi connectivity index (χ1v) is 7.34. The van der Waals surface area contributed by atoms with E-state index in [4.69, 9.17) is 5.73 Å². The Balaban J connectivity index is 2.56. The van der Waals surface area contributed by atoms with Crippen LogP contribution in [-0.2, 0) is 10.0 Å². The van der Waals surface area contributed by atoms with Crippen molar-refractivity contribution in [2.75, 3.05) is 10.5 Å². The predicted molar refractivity (Wildman–Crippen MR) is 75.7 cm³/mol. The number of hydrogen-bond donors (Lipinski definition) is 2. The largest absolute Gasteiger partial charge is 0.398 e. The monoisotopic (exact) mass is 293 g/mol. The number of nitrogen functional groups attached to an aromatic ring is 1. The first kappa shape index (κ1) is 14.2. The van der Waals surface area contributed by atoms with Crippen LogP contribution in [0.4, 0.5) is 11.6 Å². The molecule has 8 heteroatoms. The van der Waals surface area contributed by atoms with E-state index in [0.717, 1.165) is 5.56 Å². The van der Waals surface area contributed by atoms with E-state index in [1.165, 1.54) is 12.4 Å². The Morgan fingerprint density at radius 2 is 1.85 bits per heavy atom. The Labute approximate surface area is 117 Å². The Hall–Kier alpha value is -2.22. The van der Waals surface area contributed by atoms with Gasteiger partial charge >= 0.3 is 0 Å². The fraction of sp³-hybridized carbons (Fsp3) is 0.250. The zero-order chi connectivity index (χ0) is 14.9. The van der Waals surface area contributed by atoms with Crippen LogP contribution in [0.15, 0.2) is 23.4 Å². The highest BCUT2D eigenvalue weighted by Crippen LogP contribution is 2.28. The molecule has 1 aromatic heterocycles. The Morgan fingerprint density at radius 1 is 1.15 bits per heavy atom. The first-order chi connectivity index (χ1) is 9.33. The van der Waals surface area contributed by atoms with Crippen LogP contribution < -0.4 is 10.5 Å². The summed E-state index contributed by atoms with van der Waals surface area (Å²) in [5.41, 5.74) is 8.23. The maximum atomic E-state index is 12.5. The summed E-state index contributed by atoms with van der Waals surface area (Å²) in [4.78, 5) is 3.95. The van der Waals surface area contributed by atoms with E-state index in [1.807, 2.05) is 6.92 Å². The van der Waals surface area contributed by atoms with Crippen LogP contribution in [0.5, 0.6) is 0 Å². The first-order valence-electron chi connectivity index (χ1n) is 5.85. The number of benzene rings is 1. The third-order valence-electron chi connectivity index (χ3n) is 3.05. The van der Waals surface area contributed by atoms with Crippen molar-refractivity contribution in [2.45, 2.75) is 25.7 Å². The summed E-state index contributed by atoms with van der Waals surface area (Å²) in [5, 5.41) is 7.19. The molecule has 0 amide bonds. The van der Waals surface area contributed by atoms with Crippen molar-refractivity contribution in [2.24, 2.45) is 0 Å². The van der Waals surface area contributed by atoms with Crippen molar-refractivity contribution in [1.82, 2.24) is 15.2 Å². The fourth-order valence-corrected chi connectivity index (χ4v) is 3.43. The van der Waals surface area contributed by atoms with Gasteiger partial charge in [0.05, 0.1) is 17.3 Å². The summed E-state index contributed by atoms with van der Waals surface area (Å²) in [6.45, 7) is 5.21. The van der Waals surface area contributed by atoms with Gasteiger partial charge in [0.1, 0.15) is 0 Å². The molecule has 7 nitrogen and oxygen atoms in total. The maximum absolute atomic E-state index is 12.5. The van der Waals surface area contributed by atoms with Crippen molar-refractivity contribution in [3.63, 3.8) is 0 Å². The van der Waals surface area contributed by atoms with Crippen molar-refractivity contribution in [3.8, 4) is 0 Å². The SMILES string of the molecule is Cc1cc(N)c(C)c(S(=O)(=O)Nc2nccnn2)c1C. The minimum Gasteiger partial charge on any atom is -0.398 e. The highest BCUT2D eigenvalue weighted by atomic mass is 32.2. The zero-order valence-electron chi connectivity index (χ0n) is 11.4. The van der Waals surface area contributed by atoms with Gasteiger partial charge in [-0.3, -0.25) is 0 Å². The minimum absolute atomic E-state index is 0.0774. The van der Waals surface area contributed by atoms with Crippen LogP contribution >= 0.6 is 0 Å². The van der Waals surface area contributed by atoms with Crippen LogP contribution in [0.25, 0.3) is 0 Å². The van der Waals surface area contributed by atoms with Gasteiger partial charge in [0.15, 0.2) is 0 Å². The highest BCUT2D eigenvalue weighted by molar-refractivity contribution is 7.92. The average molecular weight is 293 g/mol. The molecule has 2 rings (SSSR count). The normalized spacial score (nSPS) is 11.3. The van der Waals surface area contributed by atoms with E-state index in [2.05, 4.69) is 19.9 Å². The van der Waals surface area contributed by atoms with Crippen molar-refractivity contribution in [3.05, 3.63) is 35.2 Å². The van der Waals surface area contributed by atoms with E-state index in [1.54, 1.807) is 19.9 Å². The molecule has 0 saturated carbocycles. The molecule has 1 aromatic carbocycles. The quantitative estimate of drug-likeness (QED) is 0.822. The lowest BCUT2D eigenvalue weighted by atomic mass is 10.1. The van der Waals surface area contributed by atoms with Crippen molar-refractivity contribution >= 4 is 21.7 Å². The van der Waals surface area contributed by atoms with Crippen LogP contribution in [0.2, 0.25) is 0 Å². The lowest BCUT2D eigenvalue weighted by molar-refractivity contribution is 0.599. The molecule has 0 bridgehead atoms. The zero-order valence-corrected chi connectivity index (χ0v) is 12.2. The maximum Gasteiger partial charge on any atom is 0.264 e. The number of nitrogens with zero attached hydrogens (tertiary/aromatic N) is 3.